The minimum absolute atomic E-state index is 0.0189. The highest BCUT2D eigenvalue weighted by molar-refractivity contribution is 5.25. The lowest BCUT2D eigenvalue weighted by Gasteiger charge is -2.25. The molecule has 0 aliphatic heterocycles. The number of aromatic hydroxyl groups is 1. The van der Waals surface area contributed by atoms with E-state index in [4.69, 9.17) is 5.11 Å². The molecule has 0 spiro atoms. The Morgan fingerprint density at radius 2 is 1.88 bits per heavy atom. The highest BCUT2D eigenvalue weighted by atomic mass is 16.3. The van der Waals surface area contributed by atoms with Gasteiger partial charge in [0, 0.05) is 18.6 Å². The molecule has 1 rings (SSSR count). The molecular weight excluding hydrogens is 214 g/mol. The maximum Gasteiger partial charge on any atom is 0.115 e. The standard InChI is InChI=1S/C14H23NO2/c1-3-14(2,11-16)10-15-9-8-12-4-6-13(17)7-5-12/h4-7,15-17H,3,8-11H2,1-2H3. The van der Waals surface area contributed by atoms with Crippen molar-refractivity contribution in [1.82, 2.24) is 5.32 Å². The average molecular weight is 237 g/mol. The Morgan fingerprint density at radius 3 is 2.41 bits per heavy atom. The zero-order valence-electron chi connectivity index (χ0n) is 10.7. The number of hydrogen-bond acceptors (Lipinski definition) is 3. The van der Waals surface area contributed by atoms with E-state index in [0.29, 0.717) is 5.75 Å². The van der Waals surface area contributed by atoms with E-state index in [9.17, 15) is 5.11 Å². The molecule has 3 nitrogen and oxygen atoms in total. The van der Waals surface area contributed by atoms with Crippen molar-refractivity contribution >= 4 is 0 Å². The topological polar surface area (TPSA) is 52.5 Å². The molecule has 1 atom stereocenters. The number of benzene rings is 1. The van der Waals surface area contributed by atoms with Crippen LogP contribution in [-0.2, 0) is 6.42 Å². The molecule has 0 fully saturated rings. The molecule has 0 heterocycles. The highest BCUT2D eigenvalue weighted by Gasteiger charge is 2.19. The monoisotopic (exact) mass is 237 g/mol. The summed E-state index contributed by atoms with van der Waals surface area (Å²) in [5.41, 5.74) is 1.19. The fraction of sp³-hybridized carbons (Fsp3) is 0.571. The number of nitrogens with one attached hydrogen (secondary N) is 1. The van der Waals surface area contributed by atoms with E-state index in [1.165, 1.54) is 5.56 Å². The maximum atomic E-state index is 9.26. The molecule has 0 saturated heterocycles. The highest BCUT2D eigenvalue weighted by Crippen LogP contribution is 2.18. The number of aliphatic hydroxyl groups is 1. The second-order valence-corrected chi connectivity index (χ2v) is 4.92. The molecule has 0 aliphatic carbocycles. The summed E-state index contributed by atoms with van der Waals surface area (Å²) in [7, 11) is 0. The Morgan fingerprint density at radius 1 is 1.24 bits per heavy atom. The minimum Gasteiger partial charge on any atom is -0.508 e. The van der Waals surface area contributed by atoms with Crippen LogP contribution in [0.1, 0.15) is 25.8 Å². The summed E-state index contributed by atoms with van der Waals surface area (Å²) in [5, 5.41) is 21.8. The van der Waals surface area contributed by atoms with Gasteiger partial charge in [-0.1, -0.05) is 26.0 Å². The van der Waals surface area contributed by atoms with Crippen molar-refractivity contribution in [2.75, 3.05) is 19.7 Å². The van der Waals surface area contributed by atoms with Crippen LogP contribution in [0.5, 0.6) is 5.75 Å². The molecule has 0 bridgehead atoms. The van der Waals surface area contributed by atoms with Gasteiger partial charge in [-0.25, -0.2) is 0 Å². The zero-order valence-corrected chi connectivity index (χ0v) is 10.7. The molecule has 0 aliphatic rings. The maximum absolute atomic E-state index is 9.26. The summed E-state index contributed by atoms with van der Waals surface area (Å²) < 4.78 is 0. The number of aliphatic hydroxyl groups excluding tert-OH is 1. The third-order valence-electron chi connectivity index (χ3n) is 3.31. The predicted octanol–water partition coefficient (Wildman–Crippen LogP) is 1.93. The number of hydrogen-bond donors (Lipinski definition) is 3. The first kappa shape index (κ1) is 14.0. The van der Waals surface area contributed by atoms with Gasteiger partial charge in [0.25, 0.3) is 0 Å². The molecule has 0 radical (unpaired) electrons. The minimum atomic E-state index is -0.0189. The van der Waals surface area contributed by atoms with Crippen molar-refractivity contribution in [3.05, 3.63) is 29.8 Å². The molecule has 3 heteroatoms. The van der Waals surface area contributed by atoms with E-state index >= 15 is 0 Å². The second kappa shape index (κ2) is 6.62. The van der Waals surface area contributed by atoms with Gasteiger partial charge in [0.15, 0.2) is 0 Å². The summed E-state index contributed by atoms with van der Waals surface area (Å²) in [4.78, 5) is 0. The summed E-state index contributed by atoms with van der Waals surface area (Å²) in [6.07, 6.45) is 1.90. The fourth-order valence-electron chi connectivity index (χ4n) is 1.58. The van der Waals surface area contributed by atoms with E-state index in [2.05, 4.69) is 19.2 Å². The Labute approximate surface area is 103 Å². The van der Waals surface area contributed by atoms with Crippen molar-refractivity contribution in [3.8, 4) is 5.75 Å². The van der Waals surface area contributed by atoms with E-state index in [1.54, 1.807) is 12.1 Å². The van der Waals surface area contributed by atoms with Crippen molar-refractivity contribution in [2.45, 2.75) is 26.7 Å². The van der Waals surface area contributed by atoms with Crippen LogP contribution in [-0.4, -0.2) is 29.9 Å². The van der Waals surface area contributed by atoms with E-state index < -0.39 is 0 Å². The molecule has 0 amide bonds. The summed E-state index contributed by atoms with van der Waals surface area (Å²) in [5.74, 6) is 0.306. The van der Waals surface area contributed by atoms with E-state index in [1.807, 2.05) is 12.1 Å². The van der Waals surface area contributed by atoms with Gasteiger partial charge in [-0.3, -0.25) is 0 Å². The van der Waals surface area contributed by atoms with Gasteiger partial charge in [0.1, 0.15) is 5.75 Å². The average Bonchev–Trinajstić information content (AvgIpc) is 2.36. The van der Waals surface area contributed by atoms with Crippen LogP contribution in [0.4, 0.5) is 0 Å². The Hall–Kier alpha value is -1.06. The summed E-state index contributed by atoms with van der Waals surface area (Å²) in [6.45, 7) is 6.12. The van der Waals surface area contributed by atoms with Gasteiger partial charge in [0.05, 0.1) is 0 Å². The molecule has 1 aromatic carbocycles. The van der Waals surface area contributed by atoms with Crippen LogP contribution < -0.4 is 5.32 Å². The predicted molar refractivity (Wildman–Crippen MR) is 70.2 cm³/mol. The van der Waals surface area contributed by atoms with Gasteiger partial charge >= 0.3 is 0 Å². The Bertz CT molecular complexity index is 317. The van der Waals surface area contributed by atoms with Crippen LogP contribution in [0.3, 0.4) is 0 Å². The molecule has 1 unspecified atom stereocenters. The van der Waals surface area contributed by atoms with Crippen molar-refractivity contribution in [2.24, 2.45) is 5.41 Å². The zero-order chi connectivity index (χ0) is 12.7. The van der Waals surface area contributed by atoms with Gasteiger partial charge in [-0.15, -0.1) is 0 Å². The molecule has 0 saturated carbocycles. The van der Waals surface area contributed by atoms with Crippen LogP contribution in [0, 0.1) is 5.41 Å². The summed E-state index contributed by atoms with van der Waals surface area (Å²) >= 11 is 0. The largest absolute Gasteiger partial charge is 0.508 e. The van der Waals surface area contributed by atoms with Crippen molar-refractivity contribution in [3.63, 3.8) is 0 Å². The van der Waals surface area contributed by atoms with Gasteiger partial charge in [-0.05, 0) is 37.1 Å². The molecule has 17 heavy (non-hydrogen) atoms. The number of phenolic OH excluding ortho intramolecular Hbond substituents is 1. The molecule has 0 aromatic heterocycles. The van der Waals surface area contributed by atoms with E-state index in [0.717, 1.165) is 25.9 Å². The number of phenols is 1. The quantitative estimate of drug-likeness (QED) is 0.635. The van der Waals surface area contributed by atoms with Crippen LogP contribution >= 0.6 is 0 Å². The number of rotatable bonds is 7. The van der Waals surface area contributed by atoms with Crippen LogP contribution in [0.25, 0.3) is 0 Å². The lowest BCUT2D eigenvalue weighted by Crippen LogP contribution is -2.35. The van der Waals surface area contributed by atoms with Gasteiger partial charge < -0.3 is 15.5 Å². The van der Waals surface area contributed by atoms with Crippen LogP contribution in [0.15, 0.2) is 24.3 Å². The molecule has 3 N–H and O–H groups in total. The lowest BCUT2D eigenvalue weighted by atomic mass is 9.88. The SMILES string of the molecule is CCC(C)(CO)CNCCc1ccc(O)cc1. The van der Waals surface area contributed by atoms with Crippen molar-refractivity contribution < 1.29 is 10.2 Å². The molecular formula is C14H23NO2. The fourth-order valence-corrected chi connectivity index (χ4v) is 1.58. The van der Waals surface area contributed by atoms with Crippen molar-refractivity contribution in [1.29, 1.82) is 0 Å². The molecule has 1 aromatic rings. The smallest absolute Gasteiger partial charge is 0.115 e. The Balaban J connectivity index is 2.26. The third-order valence-corrected chi connectivity index (χ3v) is 3.31. The van der Waals surface area contributed by atoms with Gasteiger partial charge in [-0.2, -0.15) is 0 Å². The first-order chi connectivity index (χ1) is 8.09. The third kappa shape index (κ3) is 4.75. The molecule has 96 valence electrons. The van der Waals surface area contributed by atoms with Gasteiger partial charge in [0.2, 0.25) is 0 Å². The normalized spacial score (nSPS) is 14.5. The first-order valence-corrected chi connectivity index (χ1v) is 6.19. The Kier molecular flexibility index (Phi) is 5.45. The van der Waals surface area contributed by atoms with Crippen LogP contribution in [0.2, 0.25) is 0 Å². The first-order valence-electron chi connectivity index (χ1n) is 6.19. The summed E-state index contributed by atoms with van der Waals surface area (Å²) in [6, 6.07) is 7.28. The lowest BCUT2D eigenvalue weighted by molar-refractivity contribution is 0.136. The van der Waals surface area contributed by atoms with E-state index in [-0.39, 0.29) is 12.0 Å². The second-order valence-electron chi connectivity index (χ2n) is 4.92.